The molecule has 146 valence electrons. The van der Waals surface area contributed by atoms with E-state index >= 15 is 0 Å². The summed E-state index contributed by atoms with van der Waals surface area (Å²) in [5.41, 5.74) is 3.59. The molecule has 1 aliphatic carbocycles. The fourth-order valence-electron chi connectivity index (χ4n) is 5.09. The number of fused-ring (bicyclic) bond motifs is 2. The molecule has 27 heavy (non-hydrogen) atoms. The van der Waals surface area contributed by atoms with Crippen LogP contribution >= 0.6 is 0 Å². The normalized spacial score (nSPS) is 24.7. The predicted octanol–water partition coefficient (Wildman–Crippen LogP) is 2.66. The molecule has 2 amide bonds. The molecule has 1 aromatic rings. The first-order chi connectivity index (χ1) is 13.2. The third kappa shape index (κ3) is 3.75. The maximum Gasteiger partial charge on any atom is 0.253 e. The van der Waals surface area contributed by atoms with Crippen LogP contribution in [0.3, 0.4) is 0 Å². The fourth-order valence-corrected chi connectivity index (χ4v) is 5.09. The topological polar surface area (TPSA) is 49.9 Å². The number of methoxy groups -OCH3 is 1. The molecule has 0 unspecified atom stereocenters. The van der Waals surface area contributed by atoms with E-state index in [0.717, 1.165) is 57.3 Å². The minimum absolute atomic E-state index is 0.158. The molecule has 5 nitrogen and oxygen atoms in total. The number of rotatable bonds is 5. The van der Waals surface area contributed by atoms with Crippen LogP contribution in [-0.2, 0) is 22.4 Å². The van der Waals surface area contributed by atoms with Gasteiger partial charge in [-0.15, -0.1) is 0 Å². The van der Waals surface area contributed by atoms with Gasteiger partial charge in [-0.2, -0.15) is 0 Å². The maximum absolute atomic E-state index is 13.1. The van der Waals surface area contributed by atoms with E-state index in [1.54, 1.807) is 7.11 Å². The number of ether oxygens (including phenoxy) is 1. The highest BCUT2D eigenvalue weighted by atomic mass is 16.5. The molecule has 2 saturated heterocycles. The molecule has 5 heteroatoms. The van der Waals surface area contributed by atoms with Crippen LogP contribution in [-0.4, -0.2) is 61.0 Å². The third-order valence-corrected chi connectivity index (χ3v) is 6.52. The Kier molecular flexibility index (Phi) is 5.48. The van der Waals surface area contributed by atoms with Crippen LogP contribution in [0.1, 0.15) is 53.6 Å². The summed E-state index contributed by atoms with van der Waals surface area (Å²) in [7, 11) is 1.70. The number of nitrogens with zero attached hydrogens (tertiary/aromatic N) is 2. The number of carbonyl (C=O) groups excluding carboxylic acids is 2. The van der Waals surface area contributed by atoms with Crippen LogP contribution in [0.25, 0.3) is 0 Å². The minimum Gasteiger partial charge on any atom is -0.385 e. The predicted molar refractivity (Wildman–Crippen MR) is 104 cm³/mol. The first-order valence-corrected chi connectivity index (χ1v) is 10.4. The van der Waals surface area contributed by atoms with E-state index in [1.165, 1.54) is 17.5 Å². The summed E-state index contributed by atoms with van der Waals surface area (Å²) in [4.78, 5) is 29.5. The van der Waals surface area contributed by atoms with Crippen molar-refractivity contribution in [2.24, 2.45) is 5.92 Å². The summed E-state index contributed by atoms with van der Waals surface area (Å²) in [5, 5.41) is 0. The number of benzene rings is 1. The summed E-state index contributed by atoms with van der Waals surface area (Å²) in [5.74, 6) is 0.828. The summed E-state index contributed by atoms with van der Waals surface area (Å²) >= 11 is 0. The monoisotopic (exact) mass is 370 g/mol. The van der Waals surface area contributed by atoms with Gasteiger partial charge in [0.2, 0.25) is 5.91 Å². The van der Waals surface area contributed by atoms with Crippen molar-refractivity contribution in [1.29, 1.82) is 0 Å². The lowest BCUT2D eigenvalue weighted by molar-refractivity contribution is -0.140. The molecular weight excluding hydrogens is 340 g/mol. The van der Waals surface area contributed by atoms with Crippen LogP contribution in [0, 0.1) is 5.92 Å². The quantitative estimate of drug-likeness (QED) is 0.749. The van der Waals surface area contributed by atoms with E-state index in [9.17, 15) is 9.59 Å². The molecule has 2 aliphatic heterocycles. The maximum atomic E-state index is 13.1. The average Bonchev–Trinajstić information content (AvgIpc) is 3.16. The molecule has 0 radical (unpaired) electrons. The number of hydrogen-bond acceptors (Lipinski definition) is 3. The van der Waals surface area contributed by atoms with Crippen LogP contribution in [0.4, 0.5) is 0 Å². The number of piperidine rings is 2. The summed E-state index contributed by atoms with van der Waals surface area (Å²) < 4.78 is 5.14. The zero-order valence-corrected chi connectivity index (χ0v) is 16.3. The molecule has 3 aliphatic rings. The minimum atomic E-state index is 0.158. The third-order valence-electron chi connectivity index (χ3n) is 6.52. The molecule has 0 bridgehead atoms. The molecule has 0 saturated carbocycles. The first-order valence-electron chi connectivity index (χ1n) is 10.4. The van der Waals surface area contributed by atoms with Crippen molar-refractivity contribution in [2.45, 2.75) is 51.0 Å². The number of hydrogen-bond donors (Lipinski definition) is 0. The van der Waals surface area contributed by atoms with Crippen molar-refractivity contribution in [3.63, 3.8) is 0 Å². The molecule has 2 heterocycles. The Morgan fingerprint density at radius 3 is 2.89 bits per heavy atom. The highest BCUT2D eigenvalue weighted by Crippen LogP contribution is 2.32. The molecule has 0 aromatic heterocycles. The SMILES string of the molecule is COCCCN1C(=O)CC[C@H]2CN(C(=O)c3ccc4c(c3)CCC4)CC[C@H]21. The Labute approximate surface area is 161 Å². The molecule has 2 fully saturated rings. The van der Waals surface area contributed by atoms with Gasteiger partial charge >= 0.3 is 0 Å². The highest BCUT2D eigenvalue weighted by Gasteiger charge is 2.40. The zero-order chi connectivity index (χ0) is 18.8. The lowest BCUT2D eigenvalue weighted by Gasteiger charge is -2.47. The van der Waals surface area contributed by atoms with Gasteiger partial charge in [-0.25, -0.2) is 0 Å². The Balaban J connectivity index is 1.42. The Morgan fingerprint density at radius 1 is 1.19 bits per heavy atom. The second kappa shape index (κ2) is 8.01. The summed E-state index contributed by atoms with van der Waals surface area (Å²) in [6.07, 6.45) is 6.72. The molecule has 0 spiro atoms. The smallest absolute Gasteiger partial charge is 0.253 e. The largest absolute Gasteiger partial charge is 0.385 e. The van der Waals surface area contributed by atoms with Gasteiger partial charge in [0.15, 0.2) is 0 Å². The van der Waals surface area contributed by atoms with Crippen LogP contribution in [0.2, 0.25) is 0 Å². The number of amides is 2. The van der Waals surface area contributed by atoms with E-state index < -0.39 is 0 Å². The van der Waals surface area contributed by atoms with Crippen molar-refractivity contribution in [3.05, 3.63) is 34.9 Å². The summed E-state index contributed by atoms with van der Waals surface area (Å²) in [6.45, 7) is 2.97. The van der Waals surface area contributed by atoms with Gasteiger partial charge in [-0.05, 0) is 67.7 Å². The Bertz CT molecular complexity index is 718. The molecule has 1 aromatic carbocycles. The fraction of sp³-hybridized carbons (Fsp3) is 0.636. The summed E-state index contributed by atoms with van der Waals surface area (Å²) in [6, 6.07) is 6.53. The number of likely N-dealkylation sites (tertiary alicyclic amines) is 2. The van der Waals surface area contributed by atoms with Gasteiger partial charge in [0.1, 0.15) is 0 Å². The lowest BCUT2D eigenvalue weighted by atomic mass is 9.83. The highest BCUT2D eigenvalue weighted by molar-refractivity contribution is 5.94. The van der Waals surface area contributed by atoms with Crippen molar-refractivity contribution >= 4 is 11.8 Å². The van der Waals surface area contributed by atoms with Crippen LogP contribution in [0.15, 0.2) is 18.2 Å². The first kappa shape index (κ1) is 18.5. The Morgan fingerprint density at radius 2 is 2.04 bits per heavy atom. The Hall–Kier alpha value is -1.88. The number of carbonyl (C=O) groups is 2. The van der Waals surface area contributed by atoms with E-state index in [-0.39, 0.29) is 17.9 Å². The lowest BCUT2D eigenvalue weighted by Crippen LogP contribution is -2.57. The molecule has 2 atom stereocenters. The second-order valence-corrected chi connectivity index (χ2v) is 8.18. The van der Waals surface area contributed by atoms with Crippen molar-refractivity contribution in [2.75, 3.05) is 33.4 Å². The standard InChI is InChI=1S/C22H30N2O3/c1-27-13-3-11-24-20-10-12-23(15-19(20)8-9-21(24)25)22(26)18-7-6-16-4-2-5-17(16)14-18/h6-7,14,19-20H,2-5,8-13,15H2,1H3/t19-,20+/m0/s1. The van der Waals surface area contributed by atoms with E-state index in [4.69, 9.17) is 4.74 Å². The van der Waals surface area contributed by atoms with Crippen molar-refractivity contribution in [3.8, 4) is 0 Å². The zero-order valence-electron chi connectivity index (χ0n) is 16.3. The van der Waals surface area contributed by atoms with E-state index in [0.29, 0.717) is 18.9 Å². The van der Waals surface area contributed by atoms with Gasteiger partial charge in [0.05, 0.1) is 0 Å². The van der Waals surface area contributed by atoms with Crippen LogP contribution in [0.5, 0.6) is 0 Å². The van der Waals surface area contributed by atoms with Crippen LogP contribution < -0.4 is 0 Å². The average molecular weight is 370 g/mol. The molecule has 4 rings (SSSR count). The number of aryl methyl sites for hydroxylation is 2. The molecule has 0 N–H and O–H groups in total. The molecular formula is C22H30N2O3. The van der Waals surface area contributed by atoms with Gasteiger partial charge < -0.3 is 14.5 Å². The van der Waals surface area contributed by atoms with E-state index in [1.807, 2.05) is 11.0 Å². The van der Waals surface area contributed by atoms with E-state index in [2.05, 4.69) is 17.0 Å². The van der Waals surface area contributed by atoms with Gasteiger partial charge in [-0.3, -0.25) is 9.59 Å². The van der Waals surface area contributed by atoms with Crippen molar-refractivity contribution in [1.82, 2.24) is 9.80 Å². The van der Waals surface area contributed by atoms with Gasteiger partial charge in [-0.1, -0.05) is 6.07 Å². The van der Waals surface area contributed by atoms with Gasteiger partial charge in [0, 0.05) is 51.4 Å². The van der Waals surface area contributed by atoms with Gasteiger partial charge in [0.25, 0.3) is 5.91 Å². The van der Waals surface area contributed by atoms with Crippen molar-refractivity contribution < 1.29 is 14.3 Å². The second-order valence-electron chi connectivity index (χ2n) is 8.18.